The first-order valence-corrected chi connectivity index (χ1v) is 13.3. The van der Waals surface area contributed by atoms with E-state index in [1.54, 1.807) is 0 Å². The molecule has 6 heteroatoms. The smallest absolute Gasteiger partial charge is 0.172 e. The van der Waals surface area contributed by atoms with Crippen LogP contribution in [-0.4, -0.2) is 30.4 Å². The van der Waals surface area contributed by atoms with Crippen molar-refractivity contribution in [3.63, 3.8) is 0 Å². The molecule has 1 aliphatic heterocycles. The summed E-state index contributed by atoms with van der Waals surface area (Å²) < 4.78 is 6.11. The minimum atomic E-state index is -0.913. The Labute approximate surface area is 217 Å². The summed E-state index contributed by atoms with van der Waals surface area (Å²) in [7, 11) is 0. The summed E-state index contributed by atoms with van der Waals surface area (Å²) in [5, 5.41) is 38.3. The van der Waals surface area contributed by atoms with Crippen LogP contribution in [0.25, 0.3) is 5.57 Å². The van der Waals surface area contributed by atoms with E-state index in [-0.39, 0.29) is 23.5 Å². The number of nitriles is 3. The average Bonchev–Trinajstić information content (AvgIpc) is 3.19. The monoisotopic (exact) mass is 488 g/mol. The standard InChI is InChI=1S/C30H40N4O2/c1-4-6-8-10-18-34(19-11-9-7-5-2)26-15-13-24(14-16-26)28-27(23-33)29(25(21-31)22-32)36-30(28,3)17-12-20-35/h13-16,35H,4-12,17-20H2,1-3H3. The molecule has 0 saturated heterocycles. The van der Waals surface area contributed by atoms with Gasteiger partial charge in [0.2, 0.25) is 0 Å². The molecule has 0 aromatic heterocycles. The summed E-state index contributed by atoms with van der Waals surface area (Å²) in [5.41, 5.74) is 1.76. The van der Waals surface area contributed by atoms with Crippen LogP contribution in [0.4, 0.5) is 5.69 Å². The van der Waals surface area contributed by atoms with Crippen molar-refractivity contribution in [3.05, 3.63) is 46.7 Å². The summed E-state index contributed by atoms with van der Waals surface area (Å²) >= 11 is 0. The largest absolute Gasteiger partial charge is 0.479 e. The predicted molar refractivity (Wildman–Crippen MR) is 144 cm³/mol. The van der Waals surface area contributed by atoms with Crippen LogP contribution < -0.4 is 4.90 Å². The Kier molecular flexibility index (Phi) is 12.0. The van der Waals surface area contributed by atoms with Crippen LogP contribution in [0.15, 0.2) is 41.2 Å². The number of unbranched alkanes of at least 4 members (excludes halogenated alkanes) is 6. The van der Waals surface area contributed by atoms with Gasteiger partial charge < -0.3 is 14.7 Å². The van der Waals surface area contributed by atoms with Gasteiger partial charge in [-0.15, -0.1) is 0 Å². The molecule has 2 rings (SSSR count). The molecule has 0 radical (unpaired) electrons. The second-order valence-electron chi connectivity index (χ2n) is 9.60. The zero-order valence-electron chi connectivity index (χ0n) is 22.1. The first kappa shape index (κ1) is 29.0. The van der Waals surface area contributed by atoms with E-state index in [1.807, 2.05) is 31.2 Å². The van der Waals surface area contributed by atoms with Crippen molar-refractivity contribution in [3.8, 4) is 18.2 Å². The van der Waals surface area contributed by atoms with E-state index in [0.29, 0.717) is 18.4 Å². The van der Waals surface area contributed by atoms with Crippen LogP contribution in [0.5, 0.6) is 0 Å². The van der Waals surface area contributed by atoms with Gasteiger partial charge in [0.05, 0.1) is 0 Å². The molecule has 6 nitrogen and oxygen atoms in total. The number of hydrogen-bond acceptors (Lipinski definition) is 6. The molecule has 1 unspecified atom stereocenters. The summed E-state index contributed by atoms with van der Waals surface area (Å²) in [6.45, 7) is 8.34. The van der Waals surface area contributed by atoms with E-state index in [1.165, 1.54) is 51.4 Å². The van der Waals surface area contributed by atoms with Crippen molar-refractivity contribution in [2.75, 3.05) is 24.6 Å². The zero-order valence-corrected chi connectivity index (χ0v) is 22.1. The number of allylic oxidation sites excluding steroid dienone is 2. The number of rotatable bonds is 15. The number of hydrogen-bond donors (Lipinski definition) is 1. The normalized spacial score (nSPS) is 16.8. The van der Waals surface area contributed by atoms with Crippen LogP contribution in [0.2, 0.25) is 0 Å². The van der Waals surface area contributed by atoms with Gasteiger partial charge in [0.15, 0.2) is 11.3 Å². The van der Waals surface area contributed by atoms with Crippen molar-refractivity contribution < 1.29 is 9.84 Å². The number of aliphatic hydroxyl groups excluding tert-OH is 1. The Hall–Kier alpha value is -3.27. The van der Waals surface area contributed by atoms with Crippen LogP contribution >= 0.6 is 0 Å². The first-order chi connectivity index (χ1) is 17.5. The van der Waals surface area contributed by atoms with E-state index >= 15 is 0 Å². The molecule has 0 fully saturated rings. The molecule has 36 heavy (non-hydrogen) atoms. The maximum Gasteiger partial charge on any atom is 0.172 e. The second kappa shape index (κ2) is 15.0. The van der Waals surface area contributed by atoms with Crippen molar-refractivity contribution in [1.82, 2.24) is 0 Å². The van der Waals surface area contributed by atoms with E-state index in [9.17, 15) is 20.9 Å². The molecule has 1 N–H and O–H groups in total. The Bertz CT molecular complexity index is 1010. The number of anilines is 1. The highest BCUT2D eigenvalue weighted by Crippen LogP contribution is 2.47. The summed E-state index contributed by atoms with van der Waals surface area (Å²) in [4.78, 5) is 2.46. The fourth-order valence-corrected chi connectivity index (χ4v) is 4.82. The molecule has 0 saturated carbocycles. The maximum atomic E-state index is 9.99. The lowest BCUT2D eigenvalue weighted by Crippen LogP contribution is -2.27. The highest BCUT2D eigenvalue weighted by Gasteiger charge is 2.43. The Balaban J connectivity index is 2.42. The number of aliphatic hydroxyl groups is 1. The van der Waals surface area contributed by atoms with Gasteiger partial charge in [-0.25, -0.2) is 0 Å². The van der Waals surface area contributed by atoms with Crippen molar-refractivity contribution >= 4 is 11.3 Å². The molecule has 0 bridgehead atoms. The lowest BCUT2D eigenvalue weighted by atomic mass is 9.84. The molecule has 0 aliphatic carbocycles. The third-order valence-corrected chi connectivity index (χ3v) is 6.79. The first-order valence-electron chi connectivity index (χ1n) is 13.3. The Morgan fingerprint density at radius 3 is 1.94 bits per heavy atom. The third kappa shape index (κ3) is 7.36. The average molecular weight is 489 g/mol. The van der Waals surface area contributed by atoms with Crippen LogP contribution in [0.3, 0.4) is 0 Å². The number of nitrogens with zero attached hydrogens (tertiary/aromatic N) is 4. The van der Waals surface area contributed by atoms with Crippen molar-refractivity contribution in [2.24, 2.45) is 0 Å². The third-order valence-electron chi connectivity index (χ3n) is 6.79. The van der Waals surface area contributed by atoms with Gasteiger partial charge in [-0.05, 0) is 50.3 Å². The fourth-order valence-electron chi connectivity index (χ4n) is 4.82. The number of ether oxygens (including phenoxy) is 1. The SMILES string of the molecule is CCCCCCN(CCCCCC)c1ccc(C2=C(C#N)C(=C(C#N)C#N)OC2(C)CCCO)cc1. The van der Waals surface area contributed by atoms with E-state index < -0.39 is 5.60 Å². The molecule has 0 spiro atoms. The lowest BCUT2D eigenvalue weighted by Gasteiger charge is -2.29. The summed E-state index contributed by atoms with van der Waals surface area (Å²) in [6, 6.07) is 14.1. The molecule has 1 aliphatic rings. The fraction of sp³-hybridized carbons (Fsp3) is 0.567. The van der Waals surface area contributed by atoms with Gasteiger partial charge in [-0.1, -0.05) is 64.5 Å². The molecule has 0 amide bonds. The molecule has 1 aromatic carbocycles. The zero-order chi connectivity index (χ0) is 26.4. The highest BCUT2D eigenvalue weighted by atomic mass is 16.5. The van der Waals surface area contributed by atoms with E-state index in [2.05, 4.69) is 36.9 Å². The number of benzene rings is 1. The van der Waals surface area contributed by atoms with Gasteiger partial charge in [-0.3, -0.25) is 0 Å². The molecular formula is C30H40N4O2. The van der Waals surface area contributed by atoms with Gasteiger partial charge in [0.1, 0.15) is 29.4 Å². The van der Waals surface area contributed by atoms with Gasteiger partial charge >= 0.3 is 0 Å². The minimum absolute atomic E-state index is 0.0134. The van der Waals surface area contributed by atoms with Crippen LogP contribution in [0, 0.1) is 34.0 Å². The van der Waals surface area contributed by atoms with Crippen LogP contribution in [0.1, 0.15) is 90.5 Å². The molecular weight excluding hydrogens is 448 g/mol. The van der Waals surface area contributed by atoms with E-state index in [0.717, 1.165) is 24.3 Å². The topological polar surface area (TPSA) is 104 Å². The van der Waals surface area contributed by atoms with Gasteiger partial charge in [-0.2, -0.15) is 15.8 Å². The maximum absolute atomic E-state index is 9.99. The van der Waals surface area contributed by atoms with E-state index in [4.69, 9.17) is 4.74 Å². The summed E-state index contributed by atoms with van der Waals surface area (Å²) in [6.07, 6.45) is 10.7. The lowest BCUT2D eigenvalue weighted by molar-refractivity contribution is 0.0751. The molecule has 192 valence electrons. The molecule has 1 heterocycles. The highest BCUT2D eigenvalue weighted by molar-refractivity contribution is 5.84. The minimum Gasteiger partial charge on any atom is -0.479 e. The van der Waals surface area contributed by atoms with Crippen molar-refractivity contribution in [2.45, 2.75) is 90.6 Å². The summed E-state index contributed by atoms with van der Waals surface area (Å²) in [5.74, 6) is 0.0375. The Morgan fingerprint density at radius 1 is 0.889 bits per heavy atom. The van der Waals surface area contributed by atoms with Gasteiger partial charge in [0, 0.05) is 31.0 Å². The predicted octanol–water partition coefficient (Wildman–Crippen LogP) is 6.79. The van der Waals surface area contributed by atoms with Gasteiger partial charge in [0.25, 0.3) is 0 Å². The molecule has 1 atom stereocenters. The Morgan fingerprint density at radius 2 is 1.47 bits per heavy atom. The second-order valence-corrected chi connectivity index (χ2v) is 9.60. The van der Waals surface area contributed by atoms with Crippen LogP contribution in [-0.2, 0) is 4.74 Å². The quantitative estimate of drug-likeness (QED) is 0.215. The molecule has 1 aromatic rings. The van der Waals surface area contributed by atoms with Crippen molar-refractivity contribution in [1.29, 1.82) is 15.8 Å².